The number of rotatable bonds is 31. The predicted octanol–water partition coefficient (Wildman–Crippen LogP) is 8.51. The fourth-order valence-corrected chi connectivity index (χ4v) is 5.34. The monoisotopic (exact) mass is 636 g/mol. The highest BCUT2D eigenvalue weighted by molar-refractivity contribution is 7.47. The molecule has 43 heavy (non-hydrogen) atoms. The summed E-state index contributed by atoms with van der Waals surface area (Å²) >= 11 is 0. The van der Waals surface area contributed by atoms with Gasteiger partial charge in [0.2, 0.25) is 0 Å². The van der Waals surface area contributed by atoms with Crippen LogP contribution in [0.25, 0.3) is 0 Å². The van der Waals surface area contributed by atoms with E-state index >= 15 is 0 Å². The van der Waals surface area contributed by atoms with Gasteiger partial charge in [-0.2, -0.15) is 0 Å². The van der Waals surface area contributed by atoms with Crippen molar-refractivity contribution < 1.29 is 42.1 Å². The van der Waals surface area contributed by atoms with Crippen molar-refractivity contribution in [1.29, 1.82) is 0 Å². The summed E-state index contributed by atoms with van der Waals surface area (Å²) in [6, 6.07) is 0. The molecule has 10 heteroatoms. The number of quaternary nitrogens is 1. The van der Waals surface area contributed by atoms with E-state index in [1.54, 1.807) is 0 Å². The number of phosphoric ester groups is 1. The van der Waals surface area contributed by atoms with Gasteiger partial charge in [-0.3, -0.25) is 18.6 Å². The Balaban J connectivity index is 4.49. The smallest absolute Gasteiger partial charge is 0.462 e. The van der Waals surface area contributed by atoms with Crippen molar-refractivity contribution in [2.45, 2.75) is 155 Å². The van der Waals surface area contributed by atoms with Gasteiger partial charge >= 0.3 is 19.8 Å². The summed E-state index contributed by atoms with van der Waals surface area (Å²) in [5.74, 6) is -0.799. The lowest BCUT2D eigenvalue weighted by atomic mass is 10.1. The highest BCUT2D eigenvalue weighted by atomic mass is 31.2. The molecule has 0 aromatic rings. The lowest BCUT2D eigenvalue weighted by molar-refractivity contribution is -0.870. The molecule has 0 fully saturated rings. The van der Waals surface area contributed by atoms with Gasteiger partial charge in [0.25, 0.3) is 0 Å². The zero-order chi connectivity index (χ0) is 32.2. The predicted molar refractivity (Wildman–Crippen MR) is 174 cm³/mol. The van der Waals surface area contributed by atoms with Crippen LogP contribution in [0.2, 0.25) is 0 Å². The first kappa shape index (κ1) is 42.0. The Hall–Kier alpha value is -0.990. The molecule has 0 amide bonds. The van der Waals surface area contributed by atoms with E-state index in [4.69, 9.17) is 18.5 Å². The third-order valence-electron chi connectivity index (χ3n) is 7.39. The van der Waals surface area contributed by atoms with E-state index in [-0.39, 0.29) is 25.6 Å². The van der Waals surface area contributed by atoms with Crippen molar-refractivity contribution in [3.63, 3.8) is 0 Å². The molecule has 0 rings (SSSR count). The quantitative estimate of drug-likeness (QED) is 0.0349. The zero-order valence-electron chi connectivity index (χ0n) is 28.5. The van der Waals surface area contributed by atoms with Crippen molar-refractivity contribution in [2.24, 2.45) is 0 Å². The van der Waals surface area contributed by atoms with Gasteiger partial charge in [0.05, 0.1) is 27.7 Å². The van der Waals surface area contributed by atoms with Crippen LogP contribution >= 0.6 is 7.82 Å². The molecule has 0 aromatic heterocycles. The van der Waals surface area contributed by atoms with Gasteiger partial charge in [0.1, 0.15) is 19.8 Å². The van der Waals surface area contributed by atoms with Crippen molar-refractivity contribution in [2.75, 3.05) is 47.5 Å². The minimum Gasteiger partial charge on any atom is -0.462 e. The summed E-state index contributed by atoms with van der Waals surface area (Å²) in [6.45, 7) is 4.37. The number of nitrogens with zero attached hydrogens (tertiary/aromatic N) is 1. The molecule has 0 aliphatic heterocycles. The molecule has 0 saturated carbocycles. The molecular formula is C33H67NO8P+. The zero-order valence-corrected chi connectivity index (χ0v) is 29.3. The van der Waals surface area contributed by atoms with Gasteiger partial charge in [-0.15, -0.1) is 0 Å². The summed E-state index contributed by atoms with van der Waals surface area (Å²) in [5.41, 5.74) is 0. The van der Waals surface area contributed by atoms with E-state index in [0.717, 1.165) is 32.1 Å². The van der Waals surface area contributed by atoms with Crippen LogP contribution in [0.3, 0.4) is 0 Å². The van der Waals surface area contributed by atoms with Crippen LogP contribution in [0.5, 0.6) is 0 Å². The van der Waals surface area contributed by atoms with Crippen LogP contribution in [-0.2, 0) is 32.7 Å². The van der Waals surface area contributed by atoms with Crippen molar-refractivity contribution in [3.05, 3.63) is 0 Å². The molecule has 0 spiro atoms. The fraction of sp³-hybridized carbons (Fsp3) is 0.939. The fourth-order valence-electron chi connectivity index (χ4n) is 4.60. The van der Waals surface area contributed by atoms with E-state index in [2.05, 4.69) is 13.8 Å². The second-order valence-corrected chi connectivity index (χ2v) is 14.4. The molecule has 0 heterocycles. The Morgan fingerprint density at radius 2 is 1.05 bits per heavy atom. The third-order valence-corrected chi connectivity index (χ3v) is 8.37. The minimum atomic E-state index is -4.35. The van der Waals surface area contributed by atoms with Crippen molar-refractivity contribution in [1.82, 2.24) is 0 Å². The molecule has 2 atom stereocenters. The van der Waals surface area contributed by atoms with Gasteiger partial charge in [0.15, 0.2) is 6.10 Å². The van der Waals surface area contributed by atoms with Crippen molar-refractivity contribution >= 4 is 19.8 Å². The van der Waals surface area contributed by atoms with E-state index in [1.165, 1.54) is 83.5 Å². The highest BCUT2D eigenvalue weighted by Gasteiger charge is 2.27. The summed E-state index contributed by atoms with van der Waals surface area (Å²) < 4.78 is 34.0. The lowest BCUT2D eigenvalue weighted by Crippen LogP contribution is -2.37. The summed E-state index contributed by atoms with van der Waals surface area (Å²) in [7, 11) is 1.48. The standard InChI is InChI=1S/C33H66NO8P/c1-6-8-10-12-14-16-18-19-21-23-25-32(35)39-29-31(30-41-43(37,38)40-28-27-34(3,4)5)42-33(36)26-24-22-20-17-15-13-11-9-7-2/h31H,6-30H2,1-5H3/p+1. The number of phosphoric acid groups is 1. The van der Waals surface area contributed by atoms with Crippen LogP contribution in [0.15, 0.2) is 0 Å². The Labute approximate surface area is 264 Å². The Kier molecular flexibility index (Phi) is 26.7. The number of likely N-dealkylation sites (N-methyl/N-ethyl adjacent to an activating group) is 1. The summed E-state index contributed by atoms with van der Waals surface area (Å²) in [5, 5.41) is 0. The second kappa shape index (κ2) is 27.3. The first-order valence-electron chi connectivity index (χ1n) is 17.3. The minimum absolute atomic E-state index is 0.0359. The first-order valence-corrected chi connectivity index (χ1v) is 18.8. The molecule has 0 saturated heterocycles. The molecule has 256 valence electrons. The third kappa shape index (κ3) is 30.8. The van der Waals surface area contributed by atoms with Crippen LogP contribution in [0.4, 0.5) is 0 Å². The molecular weight excluding hydrogens is 569 g/mol. The maximum Gasteiger partial charge on any atom is 0.472 e. The number of esters is 2. The Morgan fingerprint density at radius 3 is 1.49 bits per heavy atom. The largest absolute Gasteiger partial charge is 0.472 e. The number of carbonyl (C=O) groups is 2. The molecule has 0 bridgehead atoms. The maximum absolute atomic E-state index is 12.5. The summed E-state index contributed by atoms with van der Waals surface area (Å²) in [6.07, 6.45) is 21.6. The first-order chi connectivity index (χ1) is 20.5. The van der Waals surface area contributed by atoms with Crippen LogP contribution in [0, 0.1) is 0 Å². The molecule has 0 radical (unpaired) electrons. The van der Waals surface area contributed by atoms with Gasteiger partial charge in [-0.05, 0) is 12.8 Å². The Morgan fingerprint density at radius 1 is 0.628 bits per heavy atom. The number of hydrogen-bond donors (Lipinski definition) is 1. The normalized spacial score (nSPS) is 13.9. The number of unbranched alkanes of at least 4 members (excludes halogenated alkanes) is 17. The Bertz CT molecular complexity index is 728. The molecule has 0 aromatic carbocycles. The second-order valence-electron chi connectivity index (χ2n) is 12.9. The number of carbonyl (C=O) groups excluding carboxylic acids is 2. The van der Waals surface area contributed by atoms with E-state index < -0.39 is 26.5 Å². The molecule has 0 aliphatic carbocycles. The van der Waals surface area contributed by atoms with Crippen molar-refractivity contribution in [3.8, 4) is 0 Å². The highest BCUT2D eigenvalue weighted by Crippen LogP contribution is 2.43. The molecule has 2 unspecified atom stereocenters. The van der Waals surface area contributed by atoms with Crippen LogP contribution < -0.4 is 0 Å². The van der Waals surface area contributed by atoms with Gasteiger partial charge < -0.3 is 18.9 Å². The SMILES string of the molecule is CCCCCCCCCCCCC(=O)OCC(COP(=O)(O)OCC[N+](C)(C)C)OC(=O)CCCCCCCCCCC. The molecule has 1 N–H and O–H groups in total. The van der Waals surface area contributed by atoms with E-state index in [0.29, 0.717) is 23.9 Å². The van der Waals surface area contributed by atoms with Gasteiger partial charge in [-0.25, -0.2) is 4.57 Å². The maximum atomic E-state index is 12.5. The average molecular weight is 637 g/mol. The van der Waals surface area contributed by atoms with E-state index in [9.17, 15) is 19.0 Å². The van der Waals surface area contributed by atoms with Gasteiger partial charge in [0, 0.05) is 12.8 Å². The molecule has 9 nitrogen and oxygen atoms in total. The number of ether oxygens (including phenoxy) is 2. The topological polar surface area (TPSA) is 108 Å². The summed E-state index contributed by atoms with van der Waals surface area (Å²) in [4.78, 5) is 34.9. The van der Waals surface area contributed by atoms with Gasteiger partial charge in [-0.1, -0.05) is 123 Å². The lowest BCUT2D eigenvalue weighted by Gasteiger charge is -2.24. The number of hydrogen-bond acceptors (Lipinski definition) is 7. The van der Waals surface area contributed by atoms with Crippen LogP contribution in [-0.4, -0.2) is 74.9 Å². The van der Waals surface area contributed by atoms with Crippen LogP contribution in [0.1, 0.15) is 149 Å². The average Bonchev–Trinajstić information content (AvgIpc) is 2.93. The molecule has 0 aliphatic rings. The van der Waals surface area contributed by atoms with E-state index in [1.807, 2.05) is 21.1 Å².